The smallest absolute Gasteiger partial charge is 0.313 e. The molecular weight excluding hydrogens is 407 g/mol. The van der Waals surface area contributed by atoms with E-state index in [9.17, 15) is 28.4 Å². The lowest BCUT2D eigenvalue weighted by Gasteiger charge is -2.23. The maximum Gasteiger partial charge on any atom is 0.313 e. The highest BCUT2D eigenvalue weighted by Crippen LogP contribution is 2.16. The summed E-state index contributed by atoms with van der Waals surface area (Å²) in [6.45, 7) is 4.17. The van der Waals surface area contributed by atoms with Gasteiger partial charge in [-0.1, -0.05) is 26.0 Å². The van der Waals surface area contributed by atoms with E-state index < -0.39 is 35.6 Å². The van der Waals surface area contributed by atoms with Crippen LogP contribution < -0.4 is 21.3 Å². The minimum Gasteiger partial charge on any atom is -0.356 e. The van der Waals surface area contributed by atoms with E-state index in [4.69, 9.17) is 0 Å². The zero-order valence-electron chi connectivity index (χ0n) is 17.4. The van der Waals surface area contributed by atoms with Gasteiger partial charge in [0.25, 0.3) is 0 Å². The third kappa shape index (κ3) is 7.16. The van der Waals surface area contributed by atoms with Gasteiger partial charge in [-0.2, -0.15) is 0 Å². The zero-order valence-corrected chi connectivity index (χ0v) is 17.4. The molecule has 0 spiro atoms. The molecule has 4 amide bonds. The van der Waals surface area contributed by atoms with Crippen molar-refractivity contribution in [1.82, 2.24) is 16.0 Å². The standard InChI is InChI=1S/C21H27FN4O5/c1-12(2)9-17(19(29)24-14(11-27)10-13-7-8-23-18(13)28)26-21(31)20(30)25-16-6-4-3-5-15(16)22/h3-6,11-14,17H,7-10H2,1-2H3,(H,23,28)(H,24,29)(H,25,30)(H,26,31)/t13-,14-,17-/m0/s1. The zero-order chi connectivity index (χ0) is 23.0. The lowest BCUT2D eigenvalue weighted by molar-refractivity contribution is -0.138. The summed E-state index contributed by atoms with van der Waals surface area (Å²) >= 11 is 0. The first kappa shape index (κ1) is 24.0. The largest absolute Gasteiger partial charge is 0.356 e. The Kier molecular flexibility index (Phi) is 8.65. The molecule has 1 aromatic carbocycles. The number of aldehydes is 1. The van der Waals surface area contributed by atoms with Crippen LogP contribution >= 0.6 is 0 Å². The van der Waals surface area contributed by atoms with Crippen LogP contribution in [0.1, 0.15) is 33.1 Å². The molecule has 1 aliphatic rings. The van der Waals surface area contributed by atoms with Crippen molar-refractivity contribution in [3.05, 3.63) is 30.1 Å². The second kappa shape index (κ2) is 11.2. The number of rotatable bonds is 9. The fraction of sp³-hybridized carbons (Fsp3) is 0.476. The lowest BCUT2D eigenvalue weighted by Crippen LogP contribution is -2.53. The minimum absolute atomic E-state index is 0.0130. The Morgan fingerprint density at radius 2 is 1.90 bits per heavy atom. The number of hydrogen-bond donors (Lipinski definition) is 4. The third-order valence-electron chi connectivity index (χ3n) is 4.85. The van der Waals surface area contributed by atoms with Gasteiger partial charge in [-0.15, -0.1) is 0 Å². The Morgan fingerprint density at radius 1 is 1.19 bits per heavy atom. The minimum atomic E-state index is -1.12. The SMILES string of the molecule is CC(C)C[C@H](NC(=O)C(=O)Nc1ccccc1F)C(=O)N[C@H](C=O)C[C@@H]1CCNC1=O. The number of halogens is 1. The van der Waals surface area contributed by atoms with Crippen molar-refractivity contribution in [1.29, 1.82) is 0 Å². The molecule has 1 aromatic rings. The van der Waals surface area contributed by atoms with Gasteiger partial charge < -0.3 is 26.1 Å². The van der Waals surface area contributed by atoms with E-state index in [-0.39, 0.29) is 36.3 Å². The Bertz CT molecular complexity index is 845. The van der Waals surface area contributed by atoms with Gasteiger partial charge in [0.2, 0.25) is 11.8 Å². The number of anilines is 1. The van der Waals surface area contributed by atoms with E-state index in [0.717, 1.165) is 6.07 Å². The maximum atomic E-state index is 13.7. The second-order valence-corrected chi connectivity index (χ2v) is 7.85. The lowest BCUT2D eigenvalue weighted by atomic mass is 9.98. The average molecular weight is 434 g/mol. The molecule has 168 valence electrons. The van der Waals surface area contributed by atoms with Gasteiger partial charge >= 0.3 is 11.8 Å². The molecule has 10 heteroatoms. The molecular formula is C21H27FN4O5. The number of carbonyl (C=O) groups is 5. The highest BCUT2D eigenvalue weighted by Gasteiger charge is 2.30. The van der Waals surface area contributed by atoms with Crippen LogP contribution in [0.5, 0.6) is 0 Å². The number of carbonyl (C=O) groups excluding carboxylic acids is 5. The van der Waals surface area contributed by atoms with Crippen molar-refractivity contribution in [3.8, 4) is 0 Å². The van der Waals surface area contributed by atoms with E-state index in [0.29, 0.717) is 19.3 Å². The van der Waals surface area contributed by atoms with Crippen LogP contribution in [0.3, 0.4) is 0 Å². The summed E-state index contributed by atoms with van der Waals surface area (Å²) in [6, 6.07) is 3.38. The van der Waals surface area contributed by atoms with E-state index in [1.54, 1.807) is 0 Å². The van der Waals surface area contributed by atoms with Crippen molar-refractivity contribution in [2.24, 2.45) is 11.8 Å². The number of para-hydroxylation sites is 1. The van der Waals surface area contributed by atoms with Gasteiger partial charge in [-0.3, -0.25) is 19.2 Å². The first-order valence-electron chi connectivity index (χ1n) is 10.1. The second-order valence-electron chi connectivity index (χ2n) is 7.85. The summed E-state index contributed by atoms with van der Waals surface area (Å²) in [5, 5.41) is 9.69. The van der Waals surface area contributed by atoms with Crippen molar-refractivity contribution >= 4 is 35.6 Å². The summed E-state index contributed by atoms with van der Waals surface area (Å²) in [6.07, 6.45) is 1.47. The highest BCUT2D eigenvalue weighted by molar-refractivity contribution is 6.40. The topological polar surface area (TPSA) is 133 Å². The van der Waals surface area contributed by atoms with Gasteiger partial charge in [0, 0.05) is 12.5 Å². The molecule has 0 aromatic heterocycles. The predicted molar refractivity (Wildman–Crippen MR) is 110 cm³/mol. The molecule has 1 aliphatic heterocycles. The molecule has 4 N–H and O–H groups in total. The van der Waals surface area contributed by atoms with Crippen LogP contribution in [0.4, 0.5) is 10.1 Å². The number of hydrogen-bond acceptors (Lipinski definition) is 5. The molecule has 0 aliphatic carbocycles. The van der Waals surface area contributed by atoms with Gasteiger partial charge in [-0.05, 0) is 37.3 Å². The number of benzene rings is 1. The Hall–Kier alpha value is -3.30. The average Bonchev–Trinajstić information content (AvgIpc) is 3.12. The van der Waals surface area contributed by atoms with Crippen LogP contribution in [0.15, 0.2) is 24.3 Å². The van der Waals surface area contributed by atoms with Crippen molar-refractivity contribution in [2.45, 2.75) is 45.2 Å². The predicted octanol–water partition coefficient (Wildman–Crippen LogP) is 0.505. The van der Waals surface area contributed by atoms with E-state index in [2.05, 4.69) is 21.3 Å². The van der Waals surface area contributed by atoms with Crippen molar-refractivity contribution in [3.63, 3.8) is 0 Å². The first-order chi connectivity index (χ1) is 14.7. The summed E-state index contributed by atoms with van der Waals surface area (Å²) in [5.74, 6) is -4.14. The molecule has 1 saturated heterocycles. The van der Waals surface area contributed by atoms with Crippen LogP contribution in [0, 0.1) is 17.7 Å². The van der Waals surface area contributed by atoms with Crippen LogP contribution in [-0.2, 0) is 24.0 Å². The fourth-order valence-corrected chi connectivity index (χ4v) is 3.28. The van der Waals surface area contributed by atoms with Gasteiger partial charge in [-0.25, -0.2) is 4.39 Å². The van der Waals surface area contributed by atoms with Crippen LogP contribution in [0.25, 0.3) is 0 Å². The molecule has 1 heterocycles. The molecule has 2 rings (SSSR count). The van der Waals surface area contributed by atoms with Gasteiger partial charge in [0.1, 0.15) is 18.1 Å². The van der Waals surface area contributed by atoms with Crippen LogP contribution in [0.2, 0.25) is 0 Å². The third-order valence-corrected chi connectivity index (χ3v) is 4.85. The summed E-state index contributed by atoms with van der Waals surface area (Å²) < 4.78 is 13.7. The molecule has 0 bridgehead atoms. The molecule has 9 nitrogen and oxygen atoms in total. The van der Waals surface area contributed by atoms with Gasteiger partial charge in [0.15, 0.2) is 0 Å². The Balaban J connectivity index is 2.00. The van der Waals surface area contributed by atoms with Crippen LogP contribution in [-0.4, -0.2) is 48.5 Å². The van der Waals surface area contributed by atoms with E-state index in [1.165, 1.54) is 18.2 Å². The van der Waals surface area contributed by atoms with E-state index in [1.807, 2.05) is 13.8 Å². The van der Waals surface area contributed by atoms with E-state index >= 15 is 0 Å². The van der Waals surface area contributed by atoms with Gasteiger partial charge in [0.05, 0.1) is 11.7 Å². The summed E-state index contributed by atoms with van der Waals surface area (Å²) in [7, 11) is 0. The summed E-state index contributed by atoms with van der Waals surface area (Å²) in [4.78, 5) is 60.2. The number of amides is 4. The Labute approximate surface area is 179 Å². The number of nitrogens with one attached hydrogen (secondary N) is 4. The monoisotopic (exact) mass is 434 g/mol. The maximum absolute atomic E-state index is 13.7. The fourth-order valence-electron chi connectivity index (χ4n) is 3.28. The molecule has 0 saturated carbocycles. The molecule has 31 heavy (non-hydrogen) atoms. The normalized spacial score (nSPS) is 17.4. The molecule has 1 fully saturated rings. The summed E-state index contributed by atoms with van der Waals surface area (Å²) in [5.41, 5.74) is -0.164. The highest BCUT2D eigenvalue weighted by atomic mass is 19.1. The van der Waals surface area contributed by atoms with Crippen molar-refractivity contribution < 1.29 is 28.4 Å². The first-order valence-corrected chi connectivity index (χ1v) is 10.1. The quantitative estimate of drug-likeness (QED) is 0.332. The Morgan fingerprint density at radius 3 is 2.48 bits per heavy atom. The molecule has 0 radical (unpaired) electrons. The molecule has 0 unspecified atom stereocenters. The molecule has 3 atom stereocenters. The van der Waals surface area contributed by atoms with Crippen molar-refractivity contribution in [2.75, 3.05) is 11.9 Å².